The molecule has 0 bridgehead atoms. The fourth-order valence-electron chi connectivity index (χ4n) is 2.94. The number of rotatable bonds is 8. The number of nitro groups is 1. The van der Waals surface area contributed by atoms with Crippen LogP contribution >= 0.6 is 0 Å². The zero-order valence-corrected chi connectivity index (χ0v) is 18.1. The highest BCUT2D eigenvalue weighted by Gasteiger charge is 2.23. The third-order valence-electron chi connectivity index (χ3n) is 4.60. The van der Waals surface area contributed by atoms with Crippen molar-refractivity contribution in [1.82, 2.24) is 9.73 Å². The molecule has 0 fully saturated rings. The molecule has 1 amide bonds. The molecule has 0 atom stereocenters. The molecule has 0 radical (unpaired) electrons. The third kappa shape index (κ3) is 5.07. The van der Waals surface area contributed by atoms with E-state index in [0.29, 0.717) is 5.56 Å². The van der Waals surface area contributed by atoms with Crippen LogP contribution in [0.15, 0.2) is 70.7 Å². The summed E-state index contributed by atoms with van der Waals surface area (Å²) in [5.41, 5.74) is 2.33. The Morgan fingerprint density at radius 1 is 1.16 bits per heavy atom. The third-order valence-corrected chi connectivity index (χ3v) is 6.40. The summed E-state index contributed by atoms with van der Waals surface area (Å²) in [6.45, 7) is -0.463. The first kappa shape index (κ1) is 22.8. The van der Waals surface area contributed by atoms with E-state index >= 15 is 0 Å². The minimum atomic E-state index is -3.89. The van der Waals surface area contributed by atoms with E-state index in [9.17, 15) is 23.3 Å². The molecule has 0 saturated carbocycles. The number of hydrazone groups is 1. The summed E-state index contributed by atoms with van der Waals surface area (Å²) < 4.78 is 31.4. The number of methoxy groups -OCH3 is 1. The molecule has 32 heavy (non-hydrogen) atoms. The summed E-state index contributed by atoms with van der Waals surface area (Å²) in [5.74, 6) is -0.576. The highest BCUT2D eigenvalue weighted by Crippen LogP contribution is 2.26. The van der Waals surface area contributed by atoms with Gasteiger partial charge in [0.15, 0.2) is 5.75 Å². The van der Waals surface area contributed by atoms with Crippen molar-refractivity contribution in [3.63, 3.8) is 0 Å². The van der Waals surface area contributed by atoms with Crippen molar-refractivity contribution < 1.29 is 22.9 Å². The fraction of sp³-hybridized carbons (Fsp3) is 0.143. The Kier molecular flexibility index (Phi) is 6.81. The standard InChI is InChI=1S/C21H20N4O6S/c1-24(32(29,30)18-9-8-16-5-3-4-6-17(16)12-18)14-21(26)23-22-13-15-7-10-20(31-2)19(11-15)25(27)28/h3-13H,14H2,1-2H3,(H,23,26). The highest BCUT2D eigenvalue weighted by atomic mass is 32.2. The van der Waals surface area contributed by atoms with Gasteiger partial charge in [-0.25, -0.2) is 13.8 Å². The summed E-state index contributed by atoms with van der Waals surface area (Å²) in [5, 5.41) is 16.5. The molecule has 0 spiro atoms. The van der Waals surface area contributed by atoms with E-state index in [-0.39, 0.29) is 16.3 Å². The second-order valence-corrected chi connectivity index (χ2v) is 8.80. The molecule has 3 aromatic rings. The first-order chi connectivity index (χ1) is 15.2. The summed E-state index contributed by atoms with van der Waals surface area (Å²) in [4.78, 5) is 22.7. The average Bonchev–Trinajstić information content (AvgIpc) is 2.78. The van der Waals surface area contributed by atoms with Gasteiger partial charge in [0, 0.05) is 18.7 Å². The Balaban J connectivity index is 1.66. The average molecular weight is 456 g/mol. The van der Waals surface area contributed by atoms with Crippen LogP contribution in [0.5, 0.6) is 5.75 Å². The molecule has 0 aliphatic carbocycles. The molecule has 0 heterocycles. The summed E-state index contributed by atoms with van der Waals surface area (Å²) >= 11 is 0. The number of hydrogen-bond donors (Lipinski definition) is 1. The van der Waals surface area contributed by atoms with Crippen molar-refractivity contribution in [3.8, 4) is 5.75 Å². The van der Waals surface area contributed by atoms with E-state index in [1.54, 1.807) is 18.2 Å². The molecule has 166 valence electrons. The van der Waals surface area contributed by atoms with Crippen LogP contribution in [-0.4, -0.2) is 50.5 Å². The van der Waals surface area contributed by atoms with Crippen LogP contribution in [0.4, 0.5) is 5.69 Å². The monoisotopic (exact) mass is 456 g/mol. The van der Waals surface area contributed by atoms with Gasteiger partial charge in [0.1, 0.15) is 0 Å². The lowest BCUT2D eigenvalue weighted by Crippen LogP contribution is -2.36. The van der Waals surface area contributed by atoms with Gasteiger partial charge in [-0.2, -0.15) is 9.41 Å². The highest BCUT2D eigenvalue weighted by molar-refractivity contribution is 7.89. The van der Waals surface area contributed by atoms with Crippen molar-refractivity contribution in [2.24, 2.45) is 5.10 Å². The quantitative estimate of drug-likeness (QED) is 0.315. The lowest BCUT2D eigenvalue weighted by atomic mass is 10.1. The Morgan fingerprint density at radius 2 is 1.88 bits per heavy atom. The van der Waals surface area contributed by atoms with Gasteiger partial charge in [-0.05, 0) is 35.0 Å². The Labute approximate surface area is 184 Å². The van der Waals surface area contributed by atoms with E-state index < -0.39 is 27.4 Å². The summed E-state index contributed by atoms with van der Waals surface area (Å²) in [7, 11) is -1.28. The maximum atomic E-state index is 12.8. The summed E-state index contributed by atoms with van der Waals surface area (Å²) in [6, 6.07) is 16.3. The molecule has 10 nitrogen and oxygen atoms in total. The topological polar surface area (TPSA) is 131 Å². The second kappa shape index (κ2) is 9.54. The van der Waals surface area contributed by atoms with Crippen LogP contribution in [0.25, 0.3) is 10.8 Å². The SMILES string of the molecule is COc1ccc(C=NNC(=O)CN(C)S(=O)(=O)c2ccc3ccccc3c2)cc1[N+](=O)[O-]. The smallest absolute Gasteiger partial charge is 0.311 e. The number of amides is 1. The van der Waals surface area contributed by atoms with Gasteiger partial charge in [0.2, 0.25) is 10.0 Å². The molecule has 0 aromatic heterocycles. The van der Waals surface area contributed by atoms with E-state index in [1.165, 1.54) is 44.6 Å². The van der Waals surface area contributed by atoms with Crippen LogP contribution in [0.3, 0.4) is 0 Å². The van der Waals surface area contributed by atoms with Crippen molar-refractivity contribution in [2.45, 2.75) is 4.90 Å². The first-order valence-electron chi connectivity index (χ1n) is 9.32. The lowest BCUT2D eigenvalue weighted by Gasteiger charge is -2.16. The van der Waals surface area contributed by atoms with Gasteiger partial charge in [-0.3, -0.25) is 14.9 Å². The molecule has 1 N–H and O–H groups in total. The number of benzene rings is 3. The minimum absolute atomic E-state index is 0.0699. The number of nitrogens with one attached hydrogen (secondary N) is 1. The van der Waals surface area contributed by atoms with Gasteiger partial charge in [0.25, 0.3) is 5.91 Å². The lowest BCUT2D eigenvalue weighted by molar-refractivity contribution is -0.385. The maximum absolute atomic E-state index is 12.8. The predicted molar refractivity (Wildman–Crippen MR) is 119 cm³/mol. The van der Waals surface area contributed by atoms with Gasteiger partial charge < -0.3 is 4.74 Å². The van der Waals surface area contributed by atoms with Crippen LogP contribution in [0.2, 0.25) is 0 Å². The second-order valence-electron chi connectivity index (χ2n) is 6.75. The predicted octanol–water partition coefficient (Wildman–Crippen LogP) is 2.53. The number of likely N-dealkylation sites (N-methyl/N-ethyl adjacent to an activating group) is 1. The van der Waals surface area contributed by atoms with Crippen LogP contribution in [0.1, 0.15) is 5.56 Å². The van der Waals surface area contributed by atoms with Gasteiger partial charge in [0.05, 0.1) is 29.7 Å². The molecular formula is C21H20N4O6S. The minimum Gasteiger partial charge on any atom is -0.490 e. The van der Waals surface area contributed by atoms with Gasteiger partial charge >= 0.3 is 5.69 Å². The molecule has 0 unspecified atom stereocenters. The number of hydrogen-bond acceptors (Lipinski definition) is 7. The van der Waals surface area contributed by atoms with Crippen molar-refractivity contribution in [3.05, 3.63) is 76.3 Å². The number of nitrogens with zero attached hydrogens (tertiary/aromatic N) is 3. The normalized spacial score (nSPS) is 11.7. The number of sulfonamides is 1. The molecule has 0 saturated heterocycles. The number of nitro benzene ring substituents is 1. The van der Waals surface area contributed by atoms with E-state index in [4.69, 9.17) is 4.74 Å². The van der Waals surface area contributed by atoms with E-state index in [2.05, 4.69) is 10.5 Å². The number of ether oxygens (including phenoxy) is 1. The zero-order valence-electron chi connectivity index (χ0n) is 17.3. The zero-order chi connectivity index (χ0) is 23.3. The number of fused-ring (bicyclic) bond motifs is 1. The van der Waals surface area contributed by atoms with Crippen molar-refractivity contribution >= 4 is 38.6 Å². The van der Waals surface area contributed by atoms with Gasteiger partial charge in [-0.15, -0.1) is 0 Å². The van der Waals surface area contributed by atoms with Crippen molar-refractivity contribution in [1.29, 1.82) is 0 Å². The molecule has 0 aliphatic rings. The number of carbonyl (C=O) groups is 1. The molecule has 11 heteroatoms. The Hall–Kier alpha value is -3.83. The van der Waals surface area contributed by atoms with E-state index in [1.807, 2.05) is 18.2 Å². The van der Waals surface area contributed by atoms with Crippen LogP contribution in [0, 0.1) is 10.1 Å². The maximum Gasteiger partial charge on any atom is 0.311 e. The molecule has 3 aromatic carbocycles. The first-order valence-corrected chi connectivity index (χ1v) is 10.8. The van der Waals surface area contributed by atoms with Crippen LogP contribution < -0.4 is 10.2 Å². The molecular weight excluding hydrogens is 436 g/mol. The fourth-order valence-corrected chi connectivity index (χ4v) is 4.10. The Bertz CT molecular complexity index is 1310. The van der Waals surface area contributed by atoms with E-state index in [0.717, 1.165) is 15.1 Å². The molecule has 3 rings (SSSR count). The summed E-state index contributed by atoms with van der Waals surface area (Å²) in [6.07, 6.45) is 1.21. The Morgan fingerprint density at radius 3 is 2.56 bits per heavy atom. The van der Waals surface area contributed by atoms with Gasteiger partial charge in [-0.1, -0.05) is 30.3 Å². The largest absolute Gasteiger partial charge is 0.490 e. The number of carbonyl (C=O) groups excluding carboxylic acids is 1. The van der Waals surface area contributed by atoms with Crippen LogP contribution in [-0.2, 0) is 14.8 Å². The molecule has 0 aliphatic heterocycles. The van der Waals surface area contributed by atoms with Crippen molar-refractivity contribution in [2.75, 3.05) is 20.7 Å².